The second kappa shape index (κ2) is 5.72. The van der Waals surface area contributed by atoms with E-state index in [1.165, 1.54) is 0 Å². The Morgan fingerprint density at radius 3 is 2.57 bits per heavy atom. The molecular formula is C18H22ClF2N5O2. The molecule has 10 heteroatoms. The summed E-state index contributed by atoms with van der Waals surface area (Å²) >= 11 is 5.94. The molecular weight excluding hydrogens is 392 g/mol. The summed E-state index contributed by atoms with van der Waals surface area (Å²) in [6.07, 6.45) is 2.71. The second-order valence-electron chi connectivity index (χ2n) is 9.23. The molecule has 2 heterocycles. The summed E-state index contributed by atoms with van der Waals surface area (Å²) in [7, 11) is 0. The van der Waals surface area contributed by atoms with Crippen LogP contribution in [0.1, 0.15) is 51.9 Å². The number of hydrogen-bond acceptors (Lipinski definition) is 5. The molecule has 0 saturated heterocycles. The van der Waals surface area contributed by atoms with Crippen molar-refractivity contribution in [2.24, 2.45) is 22.4 Å². The highest BCUT2D eigenvalue weighted by atomic mass is 35.5. The molecule has 0 unspecified atom stereocenters. The van der Waals surface area contributed by atoms with Crippen molar-refractivity contribution in [3.05, 3.63) is 11.6 Å². The van der Waals surface area contributed by atoms with Gasteiger partial charge in [0.15, 0.2) is 0 Å². The topological polar surface area (TPSA) is 83.6 Å². The molecule has 4 saturated carbocycles. The van der Waals surface area contributed by atoms with Gasteiger partial charge >= 0.3 is 0 Å². The van der Waals surface area contributed by atoms with Crippen molar-refractivity contribution in [3.63, 3.8) is 0 Å². The van der Waals surface area contributed by atoms with Gasteiger partial charge in [0, 0.05) is 12.1 Å². The van der Waals surface area contributed by atoms with Gasteiger partial charge in [-0.1, -0.05) is 0 Å². The number of carbonyl (C=O) groups is 1. The van der Waals surface area contributed by atoms with Crippen molar-refractivity contribution in [1.82, 2.24) is 19.8 Å². The van der Waals surface area contributed by atoms with Crippen LogP contribution in [0.25, 0.3) is 0 Å². The number of aromatic nitrogens is 3. The predicted molar refractivity (Wildman–Crippen MR) is 95.6 cm³/mol. The number of aliphatic hydroxyl groups is 1. The molecule has 4 bridgehead atoms. The molecule has 4 aliphatic carbocycles. The monoisotopic (exact) mass is 413 g/mol. The molecule has 6 rings (SSSR count). The number of halogens is 3. The van der Waals surface area contributed by atoms with E-state index in [9.17, 15) is 18.7 Å². The van der Waals surface area contributed by atoms with Crippen molar-refractivity contribution in [2.45, 2.75) is 69.6 Å². The van der Waals surface area contributed by atoms with Gasteiger partial charge in [0.2, 0.25) is 11.0 Å². The van der Waals surface area contributed by atoms with Gasteiger partial charge in [-0.3, -0.25) is 4.79 Å². The average molecular weight is 414 g/mol. The summed E-state index contributed by atoms with van der Waals surface area (Å²) in [6.45, 7) is 1.55. The highest BCUT2D eigenvalue weighted by Gasteiger charge is 2.65. The predicted octanol–water partition coefficient (Wildman–Crippen LogP) is 2.79. The Balaban J connectivity index is 1.54. The molecule has 1 amide bonds. The van der Waals surface area contributed by atoms with E-state index in [0.717, 1.165) is 19.3 Å². The lowest BCUT2D eigenvalue weighted by Gasteiger charge is -2.61. The fourth-order valence-corrected chi connectivity index (χ4v) is 6.69. The Morgan fingerprint density at radius 1 is 1.32 bits per heavy atom. The highest BCUT2D eigenvalue weighted by Crippen LogP contribution is 2.65. The van der Waals surface area contributed by atoms with Gasteiger partial charge in [0.1, 0.15) is 6.33 Å². The first-order valence-electron chi connectivity index (χ1n) is 9.63. The lowest BCUT2D eigenvalue weighted by atomic mass is 9.46. The standard InChI is InChI=1S/C18H22ClF2N5O2/c1-10-3-18(28,13(20)21)26(23-10)14(27)16-4-11-2-12(5-16)7-17(6-11,8-16)25-9-22-15(19)24-25/h9,11-13,28H,2-8H2,1H3/t11-,12-,16?,17?,18-/m0/s1. The van der Waals surface area contributed by atoms with Crippen LogP contribution in [0.2, 0.25) is 5.28 Å². The van der Waals surface area contributed by atoms with E-state index in [1.807, 2.05) is 0 Å². The van der Waals surface area contributed by atoms with Crippen LogP contribution < -0.4 is 0 Å². The van der Waals surface area contributed by atoms with Gasteiger partial charge in [0.05, 0.1) is 11.0 Å². The van der Waals surface area contributed by atoms with E-state index in [2.05, 4.69) is 15.2 Å². The third-order valence-electron chi connectivity index (χ3n) is 7.13. The summed E-state index contributed by atoms with van der Waals surface area (Å²) < 4.78 is 29.1. The number of amides is 1. The van der Waals surface area contributed by atoms with E-state index in [1.54, 1.807) is 17.9 Å². The number of hydrazone groups is 1. The fourth-order valence-electron chi connectivity index (χ4n) is 6.56. The van der Waals surface area contributed by atoms with Crippen LogP contribution in [0.3, 0.4) is 0 Å². The molecule has 1 aromatic rings. The fraction of sp³-hybridized carbons (Fsp3) is 0.778. The summed E-state index contributed by atoms with van der Waals surface area (Å²) in [5.74, 6) is 0.123. The lowest BCUT2D eigenvalue weighted by Crippen LogP contribution is -2.63. The second-order valence-corrected chi connectivity index (χ2v) is 9.57. The first-order chi connectivity index (χ1) is 13.2. The first-order valence-corrected chi connectivity index (χ1v) is 10.0. The number of rotatable bonds is 3. The van der Waals surface area contributed by atoms with E-state index in [-0.39, 0.29) is 17.2 Å². The minimum atomic E-state index is -3.09. The van der Waals surface area contributed by atoms with E-state index >= 15 is 0 Å². The van der Waals surface area contributed by atoms with E-state index in [4.69, 9.17) is 11.6 Å². The number of alkyl halides is 2. The van der Waals surface area contributed by atoms with Crippen molar-refractivity contribution >= 4 is 23.2 Å². The zero-order valence-corrected chi connectivity index (χ0v) is 16.2. The molecule has 5 aliphatic rings. The van der Waals surface area contributed by atoms with Gasteiger partial charge in [-0.25, -0.2) is 18.4 Å². The molecule has 4 fully saturated rings. The van der Waals surface area contributed by atoms with Gasteiger partial charge in [0.25, 0.3) is 12.3 Å². The van der Waals surface area contributed by atoms with Crippen LogP contribution in [0, 0.1) is 17.3 Å². The van der Waals surface area contributed by atoms with Crippen molar-refractivity contribution < 1.29 is 18.7 Å². The van der Waals surface area contributed by atoms with Crippen molar-refractivity contribution in [3.8, 4) is 0 Å². The molecule has 0 aromatic carbocycles. The van der Waals surface area contributed by atoms with Crippen molar-refractivity contribution in [1.29, 1.82) is 0 Å². The normalized spacial score (nSPS) is 41.8. The maximum Gasteiger partial charge on any atom is 0.287 e. The Hall–Kier alpha value is -1.61. The summed E-state index contributed by atoms with van der Waals surface area (Å²) in [5, 5.41) is 19.7. The maximum absolute atomic E-state index is 13.7. The average Bonchev–Trinajstić information content (AvgIpc) is 3.17. The lowest BCUT2D eigenvalue weighted by molar-refractivity contribution is -0.211. The minimum Gasteiger partial charge on any atom is -0.364 e. The summed E-state index contributed by atoms with van der Waals surface area (Å²) in [4.78, 5) is 17.6. The Bertz CT molecular complexity index is 860. The summed E-state index contributed by atoms with van der Waals surface area (Å²) in [6, 6.07) is 0. The molecule has 28 heavy (non-hydrogen) atoms. The van der Waals surface area contributed by atoms with Crippen molar-refractivity contribution in [2.75, 3.05) is 0 Å². The van der Waals surface area contributed by atoms with Crippen LogP contribution in [0.5, 0.6) is 0 Å². The molecule has 0 spiro atoms. The third kappa shape index (κ3) is 2.41. The molecule has 1 aromatic heterocycles. The SMILES string of the molecule is CC1=NN(C(=O)C23C[C@@H]4C[C@@H](C2)CC(n2cnc(Cl)n2)(C4)C3)[C@@](O)(C(F)F)C1. The van der Waals surface area contributed by atoms with Gasteiger partial charge in [-0.15, -0.1) is 5.10 Å². The van der Waals surface area contributed by atoms with E-state index in [0.29, 0.717) is 41.8 Å². The van der Waals surface area contributed by atoms with E-state index < -0.39 is 23.5 Å². The molecule has 152 valence electrons. The van der Waals surface area contributed by atoms with Gasteiger partial charge in [-0.2, -0.15) is 10.1 Å². The Kier molecular flexibility index (Phi) is 3.76. The molecule has 3 atom stereocenters. The number of hydrogen-bond donors (Lipinski definition) is 1. The maximum atomic E-state index is 13.7. The third-order valence-corrected chi connectivity index (χ3v) is 7.30. The van der Waals surface area contributed by atoms with Crippen LogP contribution in [0.15, 0.2) is 11.4 Å². The minimum absolute atomic E-state index is 0.156. The molecule has 1 aliphatic heterocycles. The van der Waals surface area contributed by atoms with Gasteiger partial charge in [-0.05, 0) is 68.9 Å². The quantitative estimate of drug-likeness (QED) is 0.825. The molecule has 1 N–H and O–H groups in total. The van der Waals surface area contributed by atoms with Gasteiger partial charge < -0.3 is 5.11 Å². The first kappa shape index (κ1) is 18.4. The molecule has 7 nitrogen and oxygen atoms in total. The van der Waals surface area contributed by atoms with Crippen LogP contribution in [-0.2, 0) is 10.3 Å². The molecule has 0 radical (unpaired) electrons. The smallest absolute Gasteiger partial charge is 0.287 e. The highest BCUT2D eigenvalue weighted by molar-refractivity contribution is 6.28. The zero-order valence-electron chi connectivity index (χ0n) is 15.5. The zero-order chi connectivity index (χ0) is 19.9. The number of carbonyl (C=O) groups excluding carboxylic acids is 1. The Labute approximate surface area is 165 Å². The van der Waals surface area contributed by atoms with Crippen LogP contribution >= 0.6 is 11.6 Å². The van der Waals surface area contributed by atoms with Crippen LogP contribution in [-0.4, -0.2) is 48.6 Å². The largest absolute Gasteiger partial charge is 0.364 e. The summed E-state index contributed by atoms with van der Waals surface area (Å²) in [5.41, 5.74) is -3.44. The Morgan fingerprint density at radius 2 is 2.00 bits per heavy atom. The van der Waals surface area contributed by atoms with Crippen LogP contribution in [0.4, 0.5) is 8.78 Å². The number of nitrogens with zero attached hydrogens (tertiary/aromatic N) is 5.